The van der Waals surface area contributed by atoms with Crippen LogP contribution >= 0.6 is 0 Å². The molecule has 0 N–H and O–H groups in total. The normalized spacial score (nSPS) is 11.2. The Bertz CT molecular complexity index is 252. The number of carbonyl (C=O) groups is 1. The van der Waals surface area contributed by atoms with Gasteiger partial charge in [0.1, 0.15) is 14.5 Å². The molecule has 0 aliphatic carbocycles. The van der Waals surface area contributed by atoms with Gasteiger partial charge in [-0.1, -0.05) is 36.4 Å². The van der Waals surface area contributed by atoms with Crippen LogP contribution in [0, 0.1) is 0 Å². The second kappa shape index (κ2) is 7.16. The van der Waals surface area contributed by atoms with Crippen LogP contribution in [0.5, 0.6) is 0 Å². The first kappa shape index (κ1) is 11.5. The molecule has 3 heteroatoms. The molecule has 0 aromatic carbocycles. The van der Waals surface area contributed by atoms with E-state index in [4.69, 9.17) is 0 Å². The lowest BCUT2D eigenvalue weighted by Crippen LogP contribution is -1.93. The third-order valence-electron chi connectivity index (χ3n) is 1.23. The van der Waals surface area contributed by atoms with Gasteiger partial charge in [0.15, 0.2) is 0 Å². The zero-order valence-corrected chi connectivity index (χ0v) is 7.82. The fraction of sp³-hybridized carbons (Fsp3) is 0.100. The first-order valence-corrected chi connectivity index (χ1v) is 3.91. The van der Waals surface area contributed by atoms with E-state index >= 15 is 0 Å². The summed E-state index contributed by atoms with van der Waals surface area (Å²) in [5, 5.41) is 0. The van der Waals surface area contributed by atoms with Gasteiger partial charge in [-0.2, -0.15) is 0 Å². The zero-order chi connectivity index (χ0) is 10.1. The summed E-state index contributed by atoms with van der Waals surface area (Å²) in [5.74, 6) is 0. The number of hydrogen-bond donors (Lipinski definition) is 0. The van der Waals surface area contributed by atoms with Crippen LogP contribution < -0.4 is 0 Å². The first-order chi connectivity index (χ1) is 6.20. The molecule has 0 saturated heterocycles. The van der Waals surface area contributed by atoms with Gasteiger partial charge in [-0.15, -0.1) is 6.58 Å². The third kappa shape index (κ3) is 6.88. The van der Waals surface area contributed by atoms with Gasteiger partial charge in [-0.25, -0.2) is 0 Å². The van der Waals surface area contributed by atoms with E-state index < -0.39 is 0 Å². The van der Waals surface area contributed by atoms with E-state index in [9.17, 15) is 4.79 Å². The predicted octanol–water partition coefficient (Wildman–Crippen LogP) is 0.975. The molecule has 0 aliphatic rings. The van der Waals surface area contributed by atoms with Crippen molar-refractivity contribution in [1.29, 1.82) is 0 Å². The van der Waals surface area contributed by atoms with Gasteiger partial charge >= 0.3 is 0 Å². The Morgan fingerprint density at radius 3 is 2.62 bits per heavy atom. The quantitative estimate of drug-likeness (QED) is 0.342. The van der Waals surface area contributed by atoms with Crippen LogP contribution in [0.4, 0.5) is 0 Å². The van der Waals surface area contributed by atoms with Crippen LogP contribution in [0.3, 0.4) is 0 Å². The highest BCUT2D eigenvalue weighted by Crippen LogP contribution is 1.99. The molecular formula is C10H13BO2. The van der Waals surface area contributed by atoms with Crippen LogP contribution in [0.25, 0.3) is 0 Å². The van der Waals surface area contributed by atoms with E-state index in [0.29, 0.717) is 6.47 Å². The van der Waals surface area contributed by atoms with Crippen molar-refractivity contribution in [2.75, 3.05) is 6.61 Å². The maximum atomic E-state index is 9.93. The smallest absolute Gasteiger partial charge is 0.293 e. The van der Waals surface area contributed by atoms with Gasteiger partial charge < -0.3 is 4.74 Å². The molecule has 0 aromatic heterocycles. The highest BCUT2D eigenvalue weighted by atomic mass is 16.5. The summed E-state index contributed by atoms with van der Waals surface area (Å²) in [6.45, 7) is 7.96. The lowest BCUT2D eigenvalue weighted by Gasteiger charge is -1.98. The second-order valence-corrected chi connectivity index (χ2v) is 2.56. The maximum absolute atomic E-state index is 9.93. The number of ether oxygens (including phenoxy) is 1. The average molecular weight is 176 g/mol. The molecule has 13 heavy (non-hydrogen) atoms. The molecule has 0 spiro atoms. The van der Waals surface area contributed by atoms with Crippen molar-refractivity contribution in [1.82, 2.24) is 0 Å². The van der Waals surface area contributed by atoms with E-state index in [2.05, 4.69) is 17.9 Å². The van der Waals surface area contributed by atoms with Crippen molar-refractivity contribution in [3.8, 4) is 0 Å². The zero-order valence-electron chi connectivity index (χ0n) is 7.82. The summed E-state index contributed by atoms with van der Waals surface area (Å²) in [6, 6.07) is 0. The van der Waals surface area contributed by atoms with Gasteiger partial charge in [-0.05, 0) is 5.57 Å². The topological polar surface area (TPSA) is 26.3 Å². The van der Waals surface area contributed by atoms with Crippen molar-refractivity contribution in [3.63, 3.8) is 0 Å². The highest BCUT2D eigenvalue weighted by molar-refractivity contribution is 6.23. The van der Waals surface area contributed by atoms with Crippen LogP contribution in [0.1, 0.15) is 0 Å². The largest absolute Gasteiger partial charge is 0.463 e. The Kier molecular flexibility index (Phi) is 6.33. The number of rotatable bonds is 6. The summed E-state index contributed by atoms with van der Waals surface area (Å²) in [5.41, 5.74) is 1.83. The second-order valence-electron chi connectivity index (χ2n) is 2.56. The summed E-state index contributed by atoms with van der Waals surface area (Å²) in [7, 11) is 1.89. The van der Waals surface area contributed by atoms with Crippen LogP contribution in [-0.2, 0) is 9.53 Å². The van der Waals surface area contributed by atoms with Gasteiger partial charge in [0, 0.05) is 0 Å². The molecule has 68 valence electrons. The van der Waals surface area contributed by atoms with Crippen LogP contribution in [-0.4, -0.2) is 20.9 Å². The fourth-order valence-corrected chi connectivity index (χ4v) is 0.683. The average Bonchev–Trinajstić information content (AvgIpc) is 2.09. The van der Waals surface area contributed by atoms with Gasteiger partial charge in [0.2, 0.25) is 0 Å². The Balaban J connectivity index is 4.25. The van der Waals surface area contributed by atoms with E-state index in [1.807, 2.05) is 20.0 Å². The monoisotopic (exact) mass is 176 g/mol. The minimum Gasteiger partial charge on any atom is -0.463 e. The van der Waals surface area contributed by atoms with E-state index in [1.165, 1.54) is 0 Å². The van der Waals surface area contributed by atoms with E-state index in [-0.39, 0.29) is 6.61 Å². The van der Waals surface area contributed by atoms with Crippen molar-refractivity contribution in [3.05, 3.63) is 48.5 Å². The van der Waals surface area contributed by atoms with Crippen molar-refractivity contribution in [2.24, 2.45) is 0 Å². The molecule has 0 heterocycles. The molecule has 0 radical (unpaired) electrons. The Morgan fingerprint density at radius 1 is 1.46 bits per heavy atom. The van der Waals surface area contributed by atoms with Gasteiger partial charge in [-0.3, -0.25) is 4.79 Å². The Morgan fingerprint density at radius 2 is 2.15 bits per heavy atom. The summed E-state index contributed by atoms with van der Waals surface area (Å²) in [6.07, 6.45) is 7.12. The molecule has 0 aliphatic heterocycles. The molecule has 2 nitrogen and oxygen atoms in total. The van der Waals surface area contributed by atoms with Gasteiger partial charge in [0.25, 0.3) is 6.47 Å². The number of carbonyl (C=O) groups excluding carboxylic acids is 1. The first-order valence-electron chi connectivity index (χ1n) is 3.91. The molecule has 0 unspecified atom stereocenters. The number of allylic oxidation sites excluding steroid dienone is 4. The Labute approximate surface area is 79.7 Å². The van der Waals surface area contributed by atoms with E-state index in [0.717, 1.165) is 11.0 Å². The standard InChI is InChI=1S/C10H13BO2/c1-3-4-10(7-13-8-12)6-5-9(2)11/h3-6,8H,1-2,7,11H2/b6-5-,10-4+. The van der Waals surface area contributed by atoms with Crippen LogP contribution in [0.2, 0.25) is 0 Å². The molecule has 0 rings (SSSR count). The molecule has 0 amide bonds. The van der Waals surface area contributed by atoms with E-state index in [1.54, 1.807) is 12.2 Å². The lowest BCUT2D eigenvalue weighted by molar-refractivity contribution is -0.127. The summed E-state index contributed by atoms with van der Waals surface area (Å²) >= 11 is 0. The van der Waals surface area contributed by atoms with Crippen molar-refractivity contribution >= 4 is 14.3 Å². The SMILES string of the molecule is BC(=C)/C=C\C(=C/C=C)COC=O. The predicted molar refractivity (Wildman–Crippen MR) is 57.1 cm³/mol. The molecule has 0 bridgehead atoms. The summed E-state index contributed by atoms with van der Waals surface area (Å²) < 4.78 is 4.60. The molecule has 0 aromatic rings. The van der Waals surface area contributed by atoms with Crippen LogP contribution in [0.15, 0.2) is 48.5 Å². The summed E-state index contributed by atoms with van der Waals surface area (Å²) in [4.78, 5) is 9.93. The minimum absolute atomic E-state index is 0.263. The van der Waals surface area contributed by atoms with Crippen molar-refractivity contribution < 1.29 is 9.53 Å². The minimum atomic E-state index is 0.263. The molecular weight excluding hydrogens is 163 g/mol. The fourth-order valence-electron chi connectivity index (χ4n) is 0.683. The van der Waals surface area contributed by atoms with Gasteiger partial charge in [0.05, 0.1) is 0 Å². The maximum Gasteiger partial charge on any atom is 0.293 e. The molecule has 0 atom stereocenters. The lowest BCUT2D eigenvalue weighted by atomic mass is 9.97. The van der Waals surface area contributed by atoms with Crippen molar-refractivity contribution in [2.45, 2.75) is 0 Å². The molecule has 0 saturated carbocycles. The Hall–Kier alpha value is -1.51. The number of hydrogen-bond acceptors (Lipinski definition) is 2. The third-order valence-corrected chi connectivity index (χ3v) is 1.23. The highest BCUT2D eigenvalue weighted by Gasteiger charge is 1.90. The molecule has 0 fully saturated rings.